The van der Waals surface area contributed by atoms with Gasteiger partial charge in [-0.05, 0) is 160 Å². The van der Waals surface area contributed by atoms with Crippen molar-refractivity contribution in [1.82, 2.24) is 10.2 Å². The van der Waals surface area contributed by atoms with Crippen LogP contribution in [0, 0.1) is 56.7 Å². The summed E-state index contributed by atoms with van der Waals surface area (Å²) in [6.07, 6.45) is 19.0. The highest BCUT2D eigenvalue weighted by Crippen LogP contribution is 2.76. The third kappa shape index (κ3) is 6.36. The molecule has 0 aromatic carbocycles. The van der Waals surface area contributed by atoms with Gasteiger partial charge in [-0.15, -0.1) is 0 Å². The van der Waals surface area contributed by atoms with E-state index in [2.05, 4.69) is 70.5 Å². The molecule has 10 atom stereocenters. The molecule has 7 nitrogen and oxygen atoms in total. The Kier molecular flexibility index (Phi) is 10.9. The number of fused-ring (bicyclic) bond motifs is 7. The number of nitrogens with zero attached hydrogens (tertiary/aromatic N) is 1. The van der Waals surface area contributed by atoms with Crippen LogP contribution in [-0.2, 0) is 19.4 Å². The molecule has 0 aromatic heterocycles. The van der Waals surface area contributed by atoms with Crippen LogP contribution < -0.4 is 5.32 Å². The Morgan fingerprint density at radius 3 is 2.33 bits per heavy atom. The van der Waals surface area contributed by atoms with Gasteiger partial charge in [-0.3, -0.25) is 4.79 Å². The van der Waals surface area contributed by atoms with E-state index in [0.29, 0.717) is 73.6 Å². The molecule has 2 N–H and O–H groups in total. The first-order chi connectivity index (χ1) is 25.4. The second kappa shape index (κ2) is 14.4. The van der Waals surface area contributed by atoms with E-state index in [1.165, 1.54) is 68.1 Å². The molecular weight excluding hydrogens is 693 g/mol. The topological polar surface area (TPSA) is 95.9 Å². The number of rotatable bonds is 10. The average molecular weight is 767 g/mol. The van der Waals surface area contributed by atoms with Crippen LogP contribution in [0.5, 0.6) is 0 Å². The monoisotopic (exact) mass is 767 g/mol. The lowest BCUT2D eigenvalue weighted by Crippen LogP contribution is -2.68. The van der Waals surface area contributed by atoms with Crippen molar-refractivity contribution in [3.63, 3.8) is 0 Å². The second-order valence-corrected chi connectivity index (χ2v) is 23.0. The molecule has 0 amide bonds. The maximum Gasteiger partial charge on any atom is 0.312 e. The van der Waals surface area contributed by atoms with Crippen molar-refractivity contribution in [2.24, 2.45) is 56.7 Å². The number of hydrogen-bond donors (Lipinski definition) is 2. The minimum absolute atomic E-state index is 0.0111. The van der Waals surface area contributed by atoms with E-state index in [0.717, 1.165) is 32.4 Å². The number of carbonyl (C=O) groups excluding carboxylic acids is 1. The summed E-state index contributed by atoms with van der Waals surface area (Å²) in [6.45, 7) is 25.5. The Balaban J connectivity index is 1.12. The van der Waals surface area contributed by atoms with Crippen LogP contribution in [0.1, 0.15) is 132 Å². The van der Waals surface area contributed by atoms with Crippen molar-refractivity contribution in [2.75, 3.05) is 50.9 Å². The van der Waals surface area contributed by atoms with E-state index >= 15 is 0 Å². The highest BCUT2D eigenvalue weighted by atomic mass is 32.2. The first-order valence-electron chi connectivity index (χ1n) is 21.9. The largest absolute Gasteiger partial charge is 0.466 e. The standard InChI is InChI=1S/C46H74N2O5S/c1-9-53-40(50)45(24-29-49)19-12-33(13-20-45)35-15-17-42(6)37(41(35,4)5)16-18-44(8)38(42)11-10-36-39-34(32(2)3)14-21-46(39,23-22-43(36,44)7)47-25-26-48-27-30-54(51,52)31-28-48/h12,15,34,36-39,47,49H,2,9-11,13-14,16-31H2,1,3-8H3/t34-,36+,37-,38+,39+,42-,43+,44+,45+,46-/m0/s1. The van der Waals surface area contributed by atoms with Crippen LogP contribution >= 0.6 is 0 Å². The number of aliphatic hydroxyl groups excluding tert-OH is 1. The number of allylic oxidation sites excluding steroid dienone is 5. The molecule has 6 aliphatic carbocycles. The zero-order valence-corrected chi connectivity index (χ0v) is 35.8. The van der Waals surface area contributed by atoms with Gasteiger partial charge in [-0.2, -0.15) is 0 Å². The molecule has 54 heavy (non-hydrogen) atoms. The molecule has 4 saturated carbocycles. The van der Waals surface area contributed by atoms with Gasteiger partial charge in [0.15, 0.2) is 9.84 Å². The van der Waals surface area contributed by atoms with E-state index in [1.54, 1.807) is 0 Å². The summed E-state index contributed by atoms with van der Waals surface area (Å²) in [5, 5.41) is 14.1. The number of nitrogens with one attached hydrogen (secondary N) is 1. The normalized spacial score (nSPS) is 44.1. The molecule has 0 radical (unpaired) electrons. The number of sulfone groups is 1. The molecule has 0 spiro atoms. The Morgan fingerprint density at radius 2 is 1.69 bits per heavy atom. The minimum atomic E-state index is -2.86. The lowest BCUT2D eigenvalue weighted by Gasteiger charge is -2.72. The molecule has 7 rings (SSSR count). The second-order valence-electron chi connectivity index (χ2n) is 20.7. The maximum absolute atomic E-state index is 13.1. The fourth-order valence-corrected chi connectivity index (χ4v) is 16.5. The summed E-state index contributed by atoms with van der Waals surface area (Å²) in [5.74, 6) is 3.61. The summed E-state index contributed by atoms with van der Waals surface area (Å²) >= 11 is 0. The first-order valence-corrected chi connectivity index (χ1v) is 23.8. The van der Waals surface area contributed by atoms with Crippen molar-refractivity contribution < 1.29 is 23.1 Å². The van der Waals surface area contributed by atoms with Crippen LogP contribution in [-0.4, -0.2) is 80.8 Å². The van der Waals surface area contributed by atoms with Gasteiger partial charge >= 0.3 is 5.97 Å². The summed E-state index contributed by atoms with van der Waals surface area (Å²) in [5.41, 5.74) is 4.73. The predicted octanol–water partition coefficient (Wildman–Crippen LogP) is 8.29. The molecule has 0 unspecified atom stereocenters. The van der Waals surface area contributed by atoms with Crippen LogP contribution in [0.2, 0.25) is 0 Å². The summed E-state index contributed by atoms with van der Waals surface area (Å²) in [4.78, 5) is 15.4. The molecule has 5 fully saturated rings. The Hall–Kier alpha value is -1.48. The third-order valence-electron chi connectivity index (χ3n) is 18.2. The highest BCUT2D eigenvalue weighted by Gasteiger charge is 2.70. The molecule has 8 heteroatoms. The van der Waals surface area contributed by atoms with Gasteiger partial charge in [-0.1, -0.05) is 58.9 Å². The SMILES string of the molecule is C=C(C)[C@@H]1CC[C@]2(NCCN3CCS(=O)(=O)CC3)CC[C@]3(C)[C@H](CC[C@@H]4[C@@]5(C)CC=C(C6=CC[C@@](CCO)(C(=O)OCC)CC6)C(C)(C)[C@@H]5CC[C@]43C)[C@@H]12. The number of carbonyl (C=O) groups is 1. The van der Waals surface area contributed by atoms with Gasteiger partial charge in [0.05, 0.1) is 23.5 Å². The maximum atomic E-state index is 13.1. The molecule has 1 saturated heterocycles. The molecule has 1 heterocycles. The van der Waals surface area contributed by atoms with Gasteiger partial charge in [0.2, 0.25) is 0 Å². The van der Waals surface area contributed by atoms with Gasteiger partial charge in [0.1, 0.15) is 0 Å². The van der Waals surface area contributed by atoms with Gasteiger partial charge in [-0.25, -0.2) is 8.42 Å². The lowest BCUT2D eigenvalue weighted by atomic mass is 9.33. The molecule has 1 aliphatic heterocycles. The van der Waals surface area contributed by atoms with Gasteiger partial charge in [0.25, 0.3) is 0 Å². The minimum Gasteiger partial charge on any atom is -0.466 e. The Bertz CT molecular complexity index is 1640. The quantitative estimate of drug-likeness (QED) is 0.171. The fraction of sp³-hybridized carbons (Fsp3) is 0.848. The van der Waals surface area contributed by atoms with Crippen molar-refractivity contribution in [3.8, 4) is 0 Å². The summed E-state index contributed by atoms with van der Waals surface area (Å²) < 4.78 is 29.6. The predicted molar refractivity (Wildman–Crippen MR) is 219 cm³/mol. The molecular formula is C46H74N2O5S. The zero-order valence-electron chi connectivity index (χ0n) is 35.0. The van der Waals surface area contributed by atoms with Crippen LogP contribution in [0.15, 0.2) is 35.5 Å². The zero-order chi connectivity index (χ0) is 39.0. The van der Waals surface area contributed by atoms with E-state index in [1.807, 2.05) is 6.92 Å². The van der Waals surface area contributed by atoms with Crippen LogP contribution in [0.25, 0.3) is 0 Å². The van der Waals surface area contributed by atoms with Gasteiger partial charge in [0, 0.05) is 38.3 Å². The molecule has 0 aromatic rings. The number of esters is 1. The number of aliphatic hydroxyl groups is 1. The lowest BCUT2D eigenvalue weighted by molar-refractivity contribution is -0.221. The van der Waals surface area contributed by atoms with Crippen molar-refractivity contribution in [1.29, 1.82) is 0 Å². The van der Waals surface area contributed by atoms with Gasteiger partial charge < -0.3 is 20.1 Å². The Labute approximate surface area is 328 Å². The molecule has 0 bridgehead atoms. The van der Waals surface area contributed by atoms with E-state index in [9.17, 15) is 18.3 Å². The summed E-state index contributed by atoms with van der Waals surface area (Å²) in [6, 6.07) is 0. The fourth-order valence-electron chi connectivity index (χ4n) is 15.2. The highest BCUT2D eigenvalue weighted by molar-refractivity contribution is 7.91. The van der Waals surface area contributed by atoms with E-state index in [-0.39, 0.29) is 39.8 Å². The smallest absolute Gasteiger partial charge is 0.312 e. The molecule has 7 aliphatic rings. The Morgan fingerprint density at radius 1 is 0.944 bits per heavy atom. The van der Waals surface area contributed by atoms with E-state index in [4.69, 9.17) is 4.74 Å². The van der Waals surface area contributed by atoms with Crippen molar-refractivity contribution in [2.45, 2.75) is 137 Å². The number of hydrogen-bond acceptors (Lipinski definition) is 7. The molecule has 304 valence electrons. The van der Waals surface area contributed by atoms with E-state index < -0.39 is 15.3 Å². The first kappa shape index (κ1) is 40.7. The van der Waals surface area contributed by atoms with Crippen LogP contribution in [0.4, 0.5) is 0 Å². The van der Waals surface area contributed by atoms with Crippen molar-refractivity contribution >= 4 is 15.8 Å². The number of ether oxygens (including phenoxy) is 1. The van der Waals surface area contributed by atoms with Crippen molar-refractivity contribution in [3.05, 3.63) is 35.5 Å². The third-order valence-corrected chi connectivity index (χ3v) is 19.9. The van der Waals surface area contributed by atoms with Crippen LogP contribution in [0.3, 0.4) is 0 Å². The summed E-state index contributed by atoms with van der Waals surface area (Å²) in [7, 11) is -2.86. The average Bonchev–Trinajstić information content (AvgIpc) is 3.50.